The van der Waals surface area contributed by atoms with Gasteiger partial charge in [-0.05, 0) is 6.92 Å². The van der Waals surface area contributed by atoms with Crippen molar-refractivity contribution >= 4 is 11.2 Å². The van der Waals surface area contributed by atoms with Crippen LogP contribution < -0.4 is 0 Å². The molecule has 6 heteroatoms. The summed E-state index contributed by atoms with van der Waals surface area (Å²) in [5.41, 5.74) is 2.11. The topological polar surface area (TPSA) is 80.2 Å². The first-order valence-corrected chi connectivity index (χ1v) is 7.12. The predicted octanol–water partition coefficient (Wildman–Crippen LogP) is 4.27. The second-order valence-electron chi connectivity index (χ2n) is 2.94. The molecule has 0 bridgehead atoms. The molecule has 1 aromatic heterocycles. The van der Waals surface area contributed by atoms with Crippen LogP contribution in [0.1, 0.15) is 54.8 Å². The van der Waals surface area contributed by atoms with E-state index in [9.17, 15) is 0 Å². The van der Waals surface area contributed by atoms with E-state index in [-0.39, 0.29) is 7.43 Å². The van der Waals surface area contributed by atoms with Gasteiger partial charge in [0.05, 0.1) is 0 Å². The van der Waals surface area contributed by atoms with Crippen LogP contribution >= 0.6 is 0 Å². The molecule has 0 amide bonds. The van der Waals surface area contributed by atoms with Crippen LogP contribution in [0.15, 0.2) is 12.7 Å². The summed E-state index contributed by atoms with van der Waals surface area (Å²) in [5.74, 6) is 1.39. The fraction of sp³-hybridized carbons (Fsp3) is 0.533. The summed E-state index contributed by atoms with van der Waals surface area (Å²) < 4.78 is 0. The molecule has 0 saturated carbocycles. The zero-order valence-electron chi connectivity index (χ0n) is 13.4. The van der Waals surface area contributed by atoms with Gasteiger partial charge in [0.15, 0.2) is 11.5 Å². The van der Waals surface area contributed by atoms with Crippen LogP contribution in [0.3, 0.4) is 0 Å². The van der Waals surface area contributed by atoms with Crippen molar-refractivity contribution in [2.24, 2.45) is 0 Å². The maximum Gasteiger partial charge on any atom is 0.183 e. The van der Waals surface area contributed by atoms with Crippen LogP contribution in [0.25, 0.3) is 22.7 Å². The zero-order valence-corrected chi connectivity index (χ0v) is 13.4. The zero-order chi connectivity index (χ0) is 15.5. The van der Waals surface area contributed by atoms with Crippen molar-refractivity contribution in [3.05, 3.63) is 18.5 Å². The molecule has 21 heavy (non-hydrogen) atoms. The molecule has 3 heterocycles. The van der Waals surface area contributed by atoms with E-state index in [0.29, 0.717) is 17.2 Å². The first-order valence-electron chi connectivity index (χ1n) is 7.12. The molecule has 0 spiro atoms. The van der Waals surface area contributed by atoms with Gasteiger partial charge in [0.2, 0.25) is 0 Å². The molecule has 0 unspecified atom stereocenters. The third-order valence-corrected chi connectivity index (χ3v) is 1.98. The molecule has 2 aliphatic rings. The lowest BCUT2D eigenvalue weighted by Crippen LogP contribution is -1.79. The van der Waals surface area contributed by atoms with E-state index in [4.69, 9.17) is 0 Å². The smallest absolute Gasteiger partial charge is 0.183 e. The minimum absolute atomic E-state index is 0. The molecular formula is C15H28N6. The molecule has 0 aliphatic carbocycles. The van der Waals surface area contributed by atoms with Crippen LogP contribution in [-0.2, 0) is 0 Å². The largest absolute Gasteiger partial charge is 0.339 e. The summed E-state index contributed by atoms with van der Waals surface area (Å²) in [6.07, 6.45) is 2.92. The Kier molecular flexibility index (Phi) is 11.8. The number of aryl methyl sites for hydroxylation is 1. The van der Waals surface area contributed by atoms with Crippen LogP contribution in [0.5, 0.6) is 0 Å². The van der Waals surface area contributed by atoms with Gasteiger partial charge in [-0.25, -0.2) is 24.9 Å². The van der Waals surface area contributed by atoms with Gasteiger partial charge in [-0.2, -0.15) is 0 Å². The summed E-state index contributed by atoms with van der Waals surface area (Å²) in [6.45, 7) is 13.9. The quantitative estimate of drug-likeness (QED) is 0.669. The molecule has 118 valence electrons. The van der Waals surface area contributed by atoms with Crippen molar-refractivity contribution in [3.63, 3.8) is 0 Å². The number of imidazole rings is 2. The highest BCUT2D eigenvalue weighted by Gasteiger charge is 2.12. The van der Waals surface area contributed by atoms with Gasteiger partial charge in [-0.3, -0.25) is 0 Å². The molecule has 0 saturated heterocycles. The maximum absolute atomic E-state index is 4.21. The molecule has 2 aliphatic heterocycles. The first kappa shape index (κ1) is 21.2. The van der Waals surface area contributed by atoms with E-state index in [2.05, 4.69) is 29.9 Å². The molecule has 3 rings (SSSR count). The number of nitrogens with one attached hydrogen (secondary N) is 1. The molecule has 1 aromatic rings. The van der Waals surface area contributed by atoms with Crippen LogP contribution in [0.4, 0.5) is 0 Å². The molecule has 1 N–H and O–H groups in total. The Labute approximate surface area is 127 Å². The van der Waals surface area contributed by atoms with Gasteiger partial charge in [-0.15, -0.1) is 0 Å². The molecular weight excluding hydrogens is 264 g/mol. The van der Waals surface area contributed by atoms with Crippen molar-refractivity contribution in [2.75, 3.05) is 0 Å². The number of fused-ring (bicyclic) bond motifs is 3. The molecule has 6 nitrogen and oxygen atoms in total. The Morgan fingerprint density at radius 2 is 1.33 bits per heavy atom. The monoisotopic (exact) mass is 292 g/mol. The second kappa shape index (κ2) is 11.7. The summed E-state index contributed by atoms with van der Waals surface area (Å²) >= 11 is 0. The minimum Gasteiger partial charge on any atom is -0.339 e. The Morgan fingerprint density at radius 3 is 1.90 bits per heavy atom. The standard InChI is InChI=1S/C8H6N6.3C2H6.CH4/c1-4-13-6-5-7(10-2-9-5)11-3-12-8(6)14-4;3*1-2;/h2-3H,1H3,(H,9,10,11,12,13,14);3*1-2H3;1H4. The Balaban J connectivity index is 0. The van der Waals surface area contributed by atoms with Gasteiger partial charge in [0.25, 0.3) is 0 Å². The lowest BCUT2D eigenvalue weighted by molar-refractivity contribution is 1.14. The van der Waals surface area contributed by atoms with Gasteiger partial charge >= 0.3 is 0 Å². The van der Waals surface area contributed by atoms with Crippen LogP contribution in [0, 0.1) is 6.92 Å². The van der Waals surface area contributed by atoms with E-state index in [1.807, 2.05) is 48.5 Å². The highest BCUT2D eigenvalue weighted by molar-refractivity contribution is 5.84. The Hall–Kier alpha value is -2.11. The summed E-state index contributed by atoms with van der Waals surface area (Å²) in [6, 6.07) is 0. The van der Waals surface area contributed by atoms with Crippen molar-refractivity contribution in [3.8, 4) is 11.5 Å². The lowest BCUT2D eigenvalue weighted by atomic mass is 10.4. The van der Waals surface area contributed by atoms with Gasteiger partial charge in [-0.1, -0.05) is 49.0 Å². The van der Waals surface area contributed by atoms with Crippen molar-refractivity contribution < 1.29 is 0 Å². The van der Waals surface area contributed by atoms with Gasteiger partial charge in [0, 0.05) is 0 Å². The van der Waals surface area contributed by atoms with Crippen molar-refractivity contribution in [1.82, 2.24) is 29.9 Å². The molecule has 0 fully saturated rings. The average molecular weight is 292 g/mol. The fourth-order valence-corrected chi connectivity index (χ4v) is 1.41. The molecule has 0 aromatic carbocycles. The number of nitrogens with zero attached hydrogens (tertiary/aromatic N) is 5. The number of rotatable bonds is 0. The van der Waals surface area contributed by atoms with E-state index in [1.165, 1.54) is 12.7 Å². The summed E-state index contributed by atoms with van der Waals surface area (Å²) in [4.78, 5) is 23.5. The van der Waals surface area contributed by atoms with Crippen LogP contribution in [0.2, 0.25) is 0 Å². The molecule has 0 radical (unpaired) electrons. The molecule has 0 atom stereocenters. The lowest BCUT2D eigenvalue weighted by Gasteiger charge is -1.85. The van der Waals surface area contributed by atoms with Gasteiger partial charge in [0.1, 0.15) is 29.7 Å². The van der Waals surface area contributed by atoms with Crippen molar-refractivity contribution in [1.29, 1.82) is 0 Å². The Morgan fingerprint density at radius 1 is 0.810 bits per heavy atom. The van der Waals surface area contributed by atoms with Crippen LogP contribution in [-0.4, -0.2) is 29.9 Å². The van der Waals surface area contributed by atoms with Gasteiger partial charge < -0.3 is 4.98 Å². The number of hydrogen-bond donors (Lipinski definition) is 1. The number of hydrogen-bond acceptors (Lipinski definition) is 5. The summed E-state index contributed by atoms with van der Waals surface area (Å²) in [5, 5.41) is 0. The van der Waals surface area contributed by atoms with E-state index in [0.717, 1.165) is 11.3 Å². The normalized spacial score (nSPS) is 8.33. The summed E-state index contributed by atoms with van der Waals surface area (Å²) in [7, 11) is 0. The number of H-pyrrole nitrogens is 1. The SMILES string of the molecule is C.CC.CC.CC.Cc1nc2ncnc3ncnc-3c2[nH]1. The second-order valence-corrected chi connectivity index (χ2v) is 2.94. The van der Waals surface area contributed by atoms with Crippen molar-refractivity contribution in [2.45, 2.75) is 55.9 Å². The number of aromatic amines is 1. The third-order valence-electron chi connectivity index (χ3n) is 1.98. The van der Waals surface area contributed by atoms with E-state index in [1.54, 1.807) is 0 Å². The maximum atomic E-state index is 4.21. The highest BCUT2D eigenvalue weighted by atomic mass is 15.1. The average Bonchev–Trinajstić information content (AvgIpc) is 3.09. The fourth-order valence-electron chi connectivity index (χ4n) is 1.41. The first-order chi connectivity index (χ1) is 9.84. The van der Waals surface area contributed by atoms with E-state index >= 15 is 0 Å². The Bertz CT molecular complexity index is 576. The minimum atomic E-state index is 0. The van der Waals surface area contributed by atoms with E-state index < -0.39 is 0 Å². The highest BCUT2D eigenvalue weighted by Crippen LogP contribution is 2.20. The third kappa shape index (κ3) is 5.06. The predicted molar refractivity (Wildman–Crippen MR) is 89.4 cm³/mol. The number of aromatic nitrogens is 6.